The Morgan fingerprint density at radius 2 is 1.65 bits per heavy atom. The molecule has 0 saturated heterocycles. The summed E-state index contributed by atoms with van der Waals surface area (Å²) < 4.78 is 48.0. The molecular formula is C16H14F3NO3. The number of nitrogens with zero attached hydrogens (tertiary/aromatic N) is 1. The summed E-state index contributed by atoms with van der Waals surface area (Å²) in [7, 11) is 2.75. The van der Waals surface area contributed by atoms with Crippen molar-refractivity contribution < 1.29 is 27.8 Å². The minimum Gasteiger partial charge on any atom is -0.502 e. The van der Waals surface area contributed by atoms with Gasteiger partial charge in [0.1, 0.15) is 0 Å². The van der Waals surface area contributed by atoms with Gasteiger partial charge in [-0.05, 0) is 30.3 Å². The maximum atomic E-state index is 12.7. The number of phenols is 1. The van der Waals surface area contributed by atoms with Crippen LogP contribution < -0.4 is 9.47 Å². The standard InChI is InChI=1S/C16H14F3NO3/c1-22-13-6-10(7-14(23-2)15(13)21)9-20-12-5-3-4-11(8-12)16(17,18)19/h3-9,21H,1-2H3. The number of benzene rings is 2. The molecule has 122 valence electrons. The lowest BCUT2D eigenvalue weighted by atomic mass is 10.2. The molecule has 0 aliphatic carbocycles. The lowest BCUT2D eigenvalue weighted by Crippen LogP contribution is -2.03. The Labute approximate surface area is 130 Å². The van der Waals surface area contributed by atoms with E-state index in [1.54, 1.807) is 0 Å². The summed E-state index contributed by atoms with van der Waals surface area (Å²) in [5, 5.41) is 9.80. The number of halogens is 3. The molecule has 7 heteroatoms. The van der Waals surface area contributed by atoms with Crippen LogP contribution in [0.25, 0.3) is 0 Å². The van der Waals surface area contributed by atoms with Crippen molar-refractivity contribution in [3.05, 3.63) is 47.5 Å². The van der Waals surface area contributed by atoms with E-state index in [9.17, 15) is 18.3 Å². The first kappa shape index (κ1) is 16.7. The van der Waals surface area contributed by atoms with Gasteiger partial charge in [0.2, 0.25) is 5.75 Å². The van der Waals surface area contributed by atoms with Gasteiger partial charge in [0.15, 0.2) is 11.5 Å². The van der Waals surface area contributed by atoms with Gasteiger partial charge in [-0.3, -0.25) is 4.99 Å². The van der Waals surface area contributed by atoms with Gasteiger partial charge in [-0.2, -0.15) is 13.2 Å². The van der Waals surface area contributed by atoms with Crippen LogP contribution in [0, 0.1) is 0 Å². The number of phenolic OH excluding ortho intramolecular Hbond substituents is 1. The zero-order chi connectivity index (χ0) is 17.0. The molecule has 0 aliphatic rings. The number of hydrogen-bond acceptors (Lipinski definition) is 4. The van der Waals surface area contributed by atoms with E-state index < -0.39 is 11.7 Å². The molecule has 4 nitrogen and oxygen atoms in total. The van der Waals surface area contributed by atoms with Crippen molar-refractivity contribution in [2.75, 3.05) is 14.2 Å². The van der Waals surface area contributed by atoms with Crippen LogP contribution in [0.5, 0.6) is 17.2 Å². The van der Waals surface area contributed by atoms with E-state index in [1.165, 1.54) is 44.7 Å². The fraction of sp³-hybridized carbons (Fsp3) is 0.188. The Bertz CT molecular complexity index is 702. The third-order valence-electron chi connectivity index (χ3n) is 3.04. The van der Waals surface area contributed by atoms with Crippen LogP contribution in [0.4, 0.5) is 18.9 Å². The van der Waals surface area contributed by atoms with Crippen LogP contribution in [0.2, 0.25) is 0 Å². The summed E-state index contributed by atoms with van der Waals surface area (Å²) in [4.78, 5) is 4.01. The Balaban J connectivity index is 2.34. The van der Waals surface area contributed by atoms with Crippen LogP contribution in [-0.4, -0.2) is 25.5 Å². The second-order valence-electron chi connectivity index (χ2n) is 4.58. The number of hydrogen-bond donors (Lipinski definition) is 1. The summed E-state index contributed by atoms with van der Waals surface area (Å²) in [6.07, 6.45) is -3.06. The first-order valence-corrected chi connectivity index (χ1v) is 6.51. The monoisotopic (exact) mass is 325 g/mol. The average Bonchev–Trinajstić information content (AvgIpc) is 2.53. The maximum Gasteiger partial charge on any atom is 0.416 e. The molecule has 1 N–H and O–H groups in total. The van der Waals surface area contributed by atoms with E-state index in [4.69, 9.17) is 9.47 Å². The SMILES string of the molecule is COc1cc(C=Nc2cccc(C(F)(F)F)c2)cc(OC)c1O. The highest BCUT2D eigenvalue weighted by molar-refractivity contribution is 5.84. The fourth-order valence-corrected chi connectivity index (χ4v) is 1.90. The van der Waals surface area contributed by atoms with Crippen LogP contribution in [0.15, 0.2) is 41.4 Å². The molecule has 0 amide bonds. The smallest absolute Gasteiger partial charge is 0.416 e. The lowest BCUT2D eigenvalue weighted by molar-refractivity contribution is -0.137. The second-order valence-corrected chi connectivity index (χ2v) is 4.58. The number of ether oxygens (including phenoxy) is 2. The van der Waals surface area contributed by atoms with E-state index in [1.807, 2.05) is 0 Å². The molecule has 0 saturated carbocycles. The predicted octanol–water partition coefficient (Wildman–Crippen LogP) is 4.18. The number of aliphatic imine (C=N–C) groups is 1. The third-order valence-corrected chi connectivity index (χ3v) is 3.04. The van der Waals surface area contributed by atoms with Gasteiger partial charge in [-0.1, -0.05) is 6.07 Å². The van der Waals surface area contributed by atoms with E-state index in [0.29, 0.717) is 5.56 Å². The Hall–Kier alpha value is -2.70. The van der Waals surface area contributed by atoms with Gasteiger partial charge < -0.3 is 14.6 Å². The van der Waals surface area contributed by atoms with E-state index >= 15 is 0 Å². The van der Waals surface area contributed by atoms with Crippen molar-refractivity contribution >= 4 is 11.9 Å². The van der Waals surface area contributed by atoms with Crippen molar-refractivity contribution in [2.45, 2.75) is 6.18 Å². The van der Waals surface area contributed by atoms with Gasteiger partial charge in [0.25, 0.3) is 0 Å². The van der Waals surface area contributed by atoms with Crippen molar-refractivity contribution in [2.24, 2.45) is 4.99 Å². The molecule has 0 fully saturated rings. The van der Waals surface area contributed by atoms with E-state index in [2.05, 4.69) is 4.99 Å². The number of methoxy groups -OCH3 is 2. The van der Waals surface area contributed by atoms with Crippen molar-refractivity contribution in [1.82, 2.24) is 0 Å². The van der Waals surface area contributed by atoms with Gasteiger partial charge in [0, 0.05) is 11.8 Å². The van der Waals surface area contributed by atoms with E-state index in [-0.39, 0.29) is 22.9 Å². The van der Waals surface area contributed by atoms with Crippen molar-refractivity contribution in [1.29, 1.82) is 0 Å². The predicted molar refractivity (Wildman–Crippen MR) is 79.9 cm³/mol. The summed E-state index contributed by atoms with van der Waals surface area (Å²) in [5.74, 6) is 0.191. The van der Waals surface area contributed by atoms with Gasteiger partial charge in [-0.15, -0.1) is 0 Å². The number of aromatic hydroxyl groups is 1. The summed E-state index contributed by atoms with van der Waals surface area (Å²) in [6, 6.07) is 7.66. The first-order valence-electron chi connectivity index (χ1n) is 6.51. The first-order chi connectivity index (χ1) is 10.8. The molecule has 2 aromatic carbocycles. The molecule has 0 spiro atoms. The zero-order valence-corrected chi connectivity index (χ0v) is 12.4. The van der Waals surface area contributed by atoms with Crippen LogP contribution in [-0.2, 0) is 6.18 Å². The number of rotatable bonds is 4. The highest BCUT2D eigenvalue weighted by atomic mass is 19.4. The third kappa shape index (κ3) is 3.94. The highest BCUT2D eigenvalue weighted by Gasteiger charge is 2.30. The molecule has 2 rings (SSSR count). The molecule has 0 atom stereocenters. The van der Waals surface area contributed by atoms with Gasteiger partial charge in [0.05, 0.1) is 25.5 Å². The fourth-order valence-electron chi connectivity index (χ4n) is 1.90. The molecule has 0 aliphatic heterocycles. The topological polar surface area (TPSA) is 51.0 Å². The molecule has 0 aromatic heterocycles. The second kappa shape index (κ2) is 6.60. The largest absolute Gasteiger partial charge is 0.502 e. The molecule has 2 aromatic rings. The molecule has 0 bridgehead atoms. The summed E-state index contributed by atoms with van der Waals surface area (Å²) in [6.45, 7) is 0. The average molecular weight is 325 g/mol. The minimum atomic E-state index is -4.42. The van der Waals surface area contributed by atoms with E-state index in [0.717, 1.165) is 12.1 Å². The Morgan fingerprint density at radius 3 is 2.17 bits per heavy atom. The van der Waals surface area contributed by atoms with Crippen LogP contribution in [0.1, 0.15) is 11.1 Å². The molecule has 0 radical (unpaired) electrons. The quantitative estimate of drug-likeness (QED) is 0.858. The molecular weight excluding hydrogens is 311 g/mol. The van der Waals surface area contributed by atoms with Gasteiger partial charge in [-0.25, -0.2) is 0 Å². The minimum absolute atomic E-state index is 0.158. The summed E-state index contributed by atoms with van der Waals surface area (Å²) >= 11 is 0. The zero-order valence-electron chi connectivity index (χ0n) is 12.4. The Kier molecular flexibility index (Phi) is 4.78. The normalized spacial score (nSPS) is 11.7. The van der Waals surface area contributed by atoms with Crippen molar-refractivity contribution in [3.8, 4) is 17.2 Å². The summed E-state index contributed by atoms with van der Waals surface area (Å²) in [5.41, 5.74) is -0.104. The molecule has 0 unspecified atom stereocenters. The maximum absolute atomic E-state index is 12.7. The lowest BCUT2D eigenvalue weighted by Gasteiger charge is -2.09. The van der Waals surface area contributed by atoms with Crippen molar-refractivity contribution in [3.63, 3.8) is 0 Å². The van der Waals surface area contributed by atoms with Crippen LogP contribution in [0.3, 0.4) is 0 Å². The highest BCUT2D eigenvalue weighted by Crippen LogP contribution is 2.37. The van der Waals surface area contributed by atoms with Gasteiger partial charge >= 0.3 is 6.18 Å². The molecule has 23 heavy (non-hydrogen) atoms. The van der Waals surface area contributed by atoms with Crippen LogP contribution >= 0.6 is 0 Å². The number of alkyl halides is 3. The Morgan fingerprint density at radius 1 is 1.04 bits per heavy atom. The molecule has 0 heterocycles.